The maximum atomic E-state index is 12.9. The number of rotatable bonds is 9. The number of hydrogen-bond acceptors (Lipinski definition) is 5. The van der Waals surface area contributed by atoms with Gasteiger partial charge in [0.15, 0.2) is 8.32 Å². The molecule has 0 radical (unpaired) electrons. The van der Waals surface area contributed by atoms with E-state index >= 15 is 0 Å². The molecule has 0 saturated carbocycles. The number of aromatic amines is 1. The summed E-state index contributed by atoms with van der Waals surface area (Å²) in [7, 11) is -2.22. The minimum atomic E-state index is -2.22. The van der Waals surface area contributed by atoms with Crippen molar-refractivity contribution >= 4 is 8.32 Å². The van der Waals surface area contributed by atoms with Crippen molar-refractivity contribution in [2.24, 2.45) is 0 Å². The van der Waals surface area contributed by atoms with Crippen molar-refractivity contribution < 1.29 is 13.9 Å². The topological polar surface area (TPSA) is 82.6 Å². The van der Waals surface area contributed by atoms with Gasteiger partial charge in [-0.3, -0.25) is 14.3 Å². The first-order chi connectivity index (χ1) is 20.4. The molecule has 1 aliphatic rings. The molecule has 226 valence electrons. The molecule has 5 rings (SSSR count). The molecule has 0 amide bonds. The Morgan fingerprint density at radius 3 is 1.81 bits per heavy atom. The van der Waals surface area contributed by atoms with Gasteiger partial charge in [0, 0.05) is 18.2 Å². The predicted molar refractivity (Wildman–Crippen MR) is 172 cm³/mol. The molecule has 7 nitrogen and oxygen atoms in total. The Balaban J connectivity index is 1.57. The molecule has 8 heteroatoms. The minimum absolute atomic E-state index is 0.0240. The number of aryl methyl sites for hydroxylation is 1. The van der Waals surface area contributed by atoms with Gasteiger partial charge in [-0.05, 0) is 41.7 Å². The zero-order valence-corrected chi connectivity index (χ0v) is 26.9. The van der Waals surface area contributed by atoms with Crippen LogP contribution in [0.3, 0.4) is 0 Å². The highest BCUT2D eigenvalue weighted by molar-refractivity contribution is 6.74. The zero-order chi connectivity index (χ0) is 30.8. The van der Waals surface area contributed by atoms with E-state index in [1.54, 1.807) is 13.1 Å². The van der Waals surface area contributed by atoms with Crippen LogP contribution >= 0.6 is 0 Å². The van der Waals surface area contributed by atoms with Crippen LogP contribution in [0.15, 0.2) is 107 Å². The van der Waals surface area contributed by atoms with E-state index < -0.39 is 37.5 Å². The van der Waals surface area contributed by atoms with Gasteiger partial charge in [0.2, 0.25) is 0 Å². The second-order valence-electron chi connectivity index (χ2n) is 12.9. The summed E-state index contributed by atoms with van der Waals surface area (Å²) in [5, 5.41) is -0.0240. The first kappa shape index (κ1) is 30.9. The van der Waals surface area contributed by atoms with Gasteiger partial charge in [0.25, 0.3) is 5.56 Å². The summed E-state index contributed by atoms with van der Waals surface area (Å²) in [6.45, 7) is 13.0. The van der Waals surface area contributed by atoms with Gasteiger partial charge in [0.05, 0.1) is 12.7 Å². The van der Waals surface area contributed by atoms with E-state index in [1.165, 1.54) is 4.57 Å². The standard InChI is InChI=1S/C35H42N2O5Si/c1-25-23-37(33(39)36-32(25)38)31-22-29(42-43(5,6)34(2,3)4)30(41-31)24-40-35(26-16-10-7-11-17-26,27-18-12-8-13-19-27)28-20-14-9-15-21-28/h7-21,23,29-31H,22,24H2,1-6H3,(H,36,38,39)/t29-,30+,31+/m0/s1. The maximum Gasteiger partial charge on any atom is 0.330 e. The summed E-state index contributed by atoms with van der Waals surface area (Å²) in [5.41, 5.74) is 1.62. The van der Waals surface area contributed by atoms with E-state index in [1.807, 2.05) is 54.6 Å². The van der Waals surface area contributed by atoms with Crippen molar-refractivity contribution in [2.45, 2.75) is 76.3 Å². The summed E-state index contributed by atoms with van der Waals surface area (Å²) < 4.78 is 22.2. The molecule has 3 atom stereocenters. The quantitative estimate of drug-likeness (QED) is 0.175. The van der Waals surface area contributed by atoms with E-state index in [4.69, 9.17) is 13.9 Å². The van der Waals surface area contributed by atoms with Crippen molar-refractivity contribution in [3.05, 3.63) is 140 Å². The molecule has 1 aliphatic heterocycles. The number of nitrogens with one attached hydrogen (secondary N) is 1. The molecule has 1 aromatic heterocycles. The highest BCUT2D eigenvalue weighted by Crippen LogP contribution is 2.44. The van der Waals surface area contributed by atoms with Crippen LogP contribution in [-0.2, 0) is 19.5 Å². The summed E-state index contributed by atoms with van der Waals surface area (Å²) in [5.74, 6) is 0. The van der Waals surface area contributed by atoms with Crippen LogP contribution in [0.4, 0.5) is 0 Å². The molecule has 4 aromatic rings. The number of aromatic nitrogens is 2. The lowest BCUT2D eigenvalue weighted by molar-refractivity contribution is -0.0928. The Kier molecular flexibility index (Phi) is 8.76. The molecule has 43 heavy (non-hydrogen) atoms. The zero-order valence-electron chi connectivity index (χ0n) is 25.9. The highest BCUT2D eigenvalue weighted by atomic mass is 28.4. The summed E-state index contributed by atoms with van der Waals surface area (Å²) in [6, 6.07) is 30.7. The Labute approximate surface area is 254 Å². The van der Waals surface area contributed by atoms with Gasteiger partial charge in [-0.25, -0.2) is 4.79 Å². The van der Waals surface area contributed by atoms with Gasteiger partial charge in [0.1, 0.15) is 17.9 Å². The van der Waals surface area contributed by atoms with Crippen LogP contribution < -0.4 is 11.2 Å². The third-order valence-electron chi connectivity index (χ3n) is 8.89. The van der Waals surface area contributed by atoms with Crippen LogP contribution in [0.2, 0.25) is 18.1 Å². The van der Waals surface area contributed by atoms with Crippen molar-refractivity contribution in [1.82, 2.24) is 9.55 Å². The van der Waals surface area contributed by atoms with Gasteiger partial charge < -0.3 is 13.9 Å². The van der Waals surface area contributed by atoms with E-state index in [2.05, 4.69) is 75.2 Å². The number of nitrogens with zero attached hydrogens (tertiary/aromatic N) is 1. The molecule has 0 spiro atoms. The third kappa shape index (κ3) is 6.24. The lowest BCUT2D eigenvalue weighted by atomic mass is 9.80. The lowest BCUT2D eigenvalue weighted by Gasteiger charge is -2.40. The van der Waals surface area contributed by atoms with Crippen molar-refractivity contribution in [3.8, 4) is 0 Å². The Bertz CT molecular complexity index is 1530. The Morgan fingerprint density at radius 1 is 0.860 bits per heavy atom. The molecule has 0 aliphatic carbocycles. The average molecular weight is 599 g/mol. The van der Waals surface area contributed by atoms with Crippen molar-refractivity contribution in [2.75, 3.05) is 6.61 Å². The second kappa shape index (κ2) is 12.2. The minimum Gasteiger partial charge on any atom is -0.411 e. The molecule has 1 N–H and O–H groups in total. The maximum absolute atomic E-state index is 12.9. The average Bonchev–Trinajstić information content (AvgIpc) is 3.38. The van der Waals surface area contributed by atoms with E-state index in [9.17, 15) is 9.59 Å². The first-order valence-electron chi connectivity index (χ1n) is 14.9. The molecule has 0 bridgehead atoms. The van der Waals surface area contributed by atoms with Crippen molar-refractivity contribution in [1.29, 1.82) is 0 Å². The summed E-state index contributed by atoms with van der Waals surface area (Å²) >= 11 is 0. The van der Waals surface area contributed by atoms with Crippen LogP contribution in [-0.4, -0.2) is 36.7 Å². The largest absolute Gasteiger partial charge is 0.411 e. The van der Waals surface area contributed by atoms with Crippen LogP contribution in [0.25, 0.3) is 0 Å². The summed E-state index contributed by atoms with van der Waals surface area (Å²) in [6.07, 6.45) is 0.645. The number of benzene rings is 3. The molecular formula is C35H42N2O5Si. The third-order valence-corrected chi connectivity index (χ3v) is 13.4. The fraction of sp³-hybridized carbons (Fsp3) is 0.371. The Morgan fingerprint density at radius 2 is 1.35 bits per heavy atom. The molecular weight excluding hydrogens is 556 g/mol. The van der Waals surface area contributed by atoms with Gasteiger partial charge in [-0.1, -0.05) is 112 Å². The molecule has 1 saturated heterocycles. The Hall–Kier alpha value is -3.56. The smallest absolute Gasteiger partial charge is 0.330 e. The molecule has 1 fully saturated rings. The SMILES string of the molecule is Cc1cn([C@H]2C[C@H](O[Si](C)(C)C(C)(C)C)[C@@H](COC(c3ccccc3)(c3ccccc3)c3ccccc3)O2)c(=O)[nH]c1=O. The lowest BCUT2D eigenvalue weighted by Crippen LogP contribution is -2.47. The fourth-order valence-corrected chi connectivity index (χ4v) is 6.83. The van der Waals surface area contributed by atoms with E-state index in [0.717, 1.165) is 16.7 Å². The number of hydrogen-bond donors (Lipinski definition) is 1. The van der Waals surface area contributed by atoms with Crippen molar-refractivity contribution in [3.63, 3.8) is 0 Å². The van der Waals surface area contributed by atoms with E-state index in [0.29, 0.717) is 12.0 Å². The molecule has 3 aromatic carbocycles. The monoisotopic (exact) mass is 598 g/mol. The van der Waals surface area contributed by atoms with Gasteiger partial charge in [-0.2, -0.15) is 0 Å². The molecule has 0 unspecified atom stereocenters. The van der Waals surface area contributed by atoms with Crippen LogP contribution in [0, 0.1) is 6.92 Å². The first-order valence-corrected chi connectivity index (χ1v) is 17.8. The van der Waals surface area contributed by atoms with E-state index in [-0.39, 0.29) is 17.7 Å². The van der Waals surface area contributed by atoms with Gasteiger partial charge in [-0.15, -0.1) is 0 Å². The van der Waals surface area contributed by atoms with Crippen LogP contribution in [0.5, 0.6) is 0 Å². The fourth-order valence-electron chi connectivity index (χ4n) is 5.48. The highest BCUT2D eigenvalue weighted by Gasteiger charge is 2.47. The van der Waals surface area contributed by atoms with Crippen LogP contribution in [0.1, 0.15) is 55.7 Å². The normalized spacial score (nSPS) is 19.4. The second-order valence-corrected chi connectivity index (χ2v) is 17.6. The van der Waals surface area contributed by atoms with Gasteiger partial charge >= 0.3 is 5.69 Å². The molecule has 2 heterocycles. The summed E-state index contributed by atoms with van der Waals surface area (Å²) in [4.78, 5) is 27.4. The predicted octanol–water partition coefficient (Wildman–Crippen LogP) is 6.53. The number of H-pyrrole nitrogens is 1. The number of ether oxygens (including phenoxy) is 2.